The lowest BCUT2D eigenvalue weighted by Gasteiger charge is -2.16. The molecule has 2 heterocycles. The van der Waals surface area contributed by atoms with Gasteiger partial charge in [0.2, 0.25) is 0 Å². The minimum atomic E-state index is -3.09. The SMILES string of the molecule is Cc1nc(-c2ccccc2)sc1C(=O)O[C@@H](C)C(=O)N[C@H]1CCS(=O)(=O)C1. The van der Waals surface area contributed by atoms with E-state index in [0.717, 1.165) is 5.56 Å². The molecule has 1 aromatic carbocycles. The van der Waals surface area contributed by atoms with Crippen molar-refractivity contribution in [2.75, 3.05) is 11.5 Å². The monoisotopic (exact) mass is 408 g/mol. The molecule has 0 saturated carbocycles. The molecule has 1 aromatic heterocycles. The number of ether oxygens (including phenoxy) is 1. The molecule has 144 valence electrons. The molecule has 27 heavy (non-hydrogen) atoms. The van der Waals surface area contributed by atoms with Gasteiger partial charge in [0.1, 0.15) is 9.88 Å². The second-order valence-electron chi connectivity index (χ2n) is 6.46. The second-order valence-corrected chi connectivity index (χ2v) is 9.68. The van der Waals surface area contributed by atoms with E-state index < -0.39 is 33.9 Å². The minimum absolute atomic E-state index is 0.0639. The van der Waals surface area contributed by atoms with E-state index in [1.165, 1.54) is 18.3 Å². The van der Waals surface area contributed by atoms with E-state index in [-0.39, 0.29) is 11.5 Å². The highest BCUT2D eigenvalue weighted by Gasteiger charge is 2.31. The van der Waals surface area contributed by atoms with Crippen LogP contribution in [0.5, 0.6) is 0 Å². The summed E-state index contributed by atoms with van der Waals surface area (Å²) < 4.78 is 28.2. The zero-order valence-electron chi connectivity index (χ0n) is 15.0. The maximum atomic E-state index is 12.4. The maximum absolute atomic E-state index is 12.4. The third-order valence-corrected chi connectivity index (χ3v) is 7.19. The highest BCUT2D eigenvalue weighted by Crippen LogP contribution is 2.28. The molecule has 1 fully saturated rings. The molecule has 1 amide bonds. The number of nitrogens with zero attached hydrogens (tertiary/aromatic N) is 1. The van der Waals surface area contributed by atoms with Gasteiger partial charge in [-0.1, -0.05) is 30.3 Å². The van der Waals surface area contributed by atoms with Gasteiger partial charge in [0.05, 0.1) is 17.2 Å². The molecule has 1 N–H and O–H groups in total. The molecule has 0 aliphatic carbocycles. The van der Waals surface area contributed by atoms with Crippen LogP contribution in [-0.2, 0) is 19.4 Å². The Morgan fingerprint density at radius 2 is 2.00 bits per heavy atom. The standard InChI is InChI=1S/C18H20N2O5S2/c1-11-15(26-17(19-11)13-6-4-3-5-7-13)18(22)25-12(2)16(21)20-14-8-9-27(23,24)10-14/h3-7,12,14H,8-10H2,1-2H3,(H,20,21)/t12-,14-/m0/s1. The molecule has 0 bridgehead atoms. The van der Waals surface area contributed by atoms with Crippen molar-refractivity contribution in [1.82, 2.24) is 10.3 Å². The molecular formula is C18H20N2O5S2. The molecule has 1 aliphatic heterocycles. The number of hydrogen-bond acceptors (Lipinski definition) is 7. The van der Waals surface area contributed by atoms with Gasteiger partial charge in [0.25, 0.3) is 5.91 Å². The van der Waals surface area contributed by atoms with Crippen LogP contribution >= 0.6 is 11.3 Å². The van der Waals surface area contributed by atoms with Crippen molar-refractivity contribution >= 4 is 33.1 Å². The fourth-order valence-electron chi connectivity index (χ4n) is 2.78. The number of carbonyl (C=O) groups is 2. The maximum Gasteiger partial charge on any atom is 0.351 e. The number of rotatable bonds is 5. The van der Waals surface area contributed by atoms with Crippen molar-refractivity contribution < 1.29 is 22.7 Å². The zero-order valence-corrected chi connectivity index (χ0v) is 16.6. The number of aromatic nitrogens is 1. The van der Waals surface area contributed by atoms with Gasteiger partial charge < -0.3 is 10.1 Å². The van der Waals surface area contributed by atoms with Crippen molar-refractivity contribution in [2.45, 2.75) is 32.4 Å². The molecule has 9 heteroatoms. The molecule has 3 rings (SSSR count). The smallest absolute Gasteiger partial charge is 0.351 e. The first-order chi connectivity index (χ1) is 12.7. The summed E-state index contributed by atoms with van der Waals surface area (Å²) in [6.07, 6.45) is -0.647. The van der Waals surface area contributed by atoms with Crippen molar-refractivity contribution in [2.24, 2.45) is 0 Å². The van der Waals surface area contributed by atoms with Crippen LogP contribution in [0.1, 0.15) is 28.7 Å². The van der Waals surface area contributed by atoms with E-state index in [0.29, 0.717) is 22.0 Å². The Morgan fingerprint density at radius 1 is 1.30 bits per heavy atom. The van der Waals surface area contributed by atoms with E-state index in [1.807, 2.05) is 30.3 Å². The fourth-order valence-corrected chi connectivity index (χ4v) is 5.41. The van der Waals surface area contributed by atoms with Crippen LogP contribution in [-0.4, -0.2) is 48.9 Å². The number of amides is 1. The summed E-state index contributed by atoms with van der Waals surface area (Å²) in [5, 5.41) is 3.33. The van der Waals surface area contributed by atoms with E-state index in [1.54, 1.807) is 6.92 Å². The molecule has 2 aromatic rings. The van der Waals surface area contributed by atoms with E-state index in [2.05, 4.69) is 10.3 Å². The van der Waals surface area contributed by atoms with Gasteiger partial charge in [0.15, 0.2) is 15.9 Å². The first-order valence-corrected chi connectivity index (χ1v) is 11.1. The Morgan fingerprint density at radius 3 is 2.63 bits per heavy atom. The number of benzene rings is 1. The highest BCUT2D eigenvalue weighted by molar-refractivity contribution is 7.91. The van der Waals surface area contributed by atoms with Gasteiger partial charge in [0, 0.05) is 11.6 Å². The predicted molar refractivity (Wildman–Crippen MR) is 102 cm³/mol. The number of aryl methyl sites for hydroxylation is 1. The molecule has 0 spiro atoms. The summed E-state index contributed by atoms with van der Waals surface area (Å²) in [4.78, 5) is 29.4. The molecule has 1 aliphatic rings. The normalized spacial score (nSPS) is 19.4. The Bertz CT molecular complexity index is 953. The second kappa shape index (κ2) is 7.77. The topological polar surface area (TPSA) is 102 Å². The first kappa shape index (κ1) is 19.5. The molecular weight excluding hydrogens is 388 g/mol. The van der Waals surface area contributed by atoms with Gasteiger partial charge in [-0.25, -0.2) is 18.2 Å². The van der Waals surface area contributed by atoms with Crippen molar-refractivity contribution in [1.29, 1.82) is 0 Å². The lowest BCUT2D eigenvalue weighted by molar-refractivity contribution is -0.129. The summed E-state index contributed by atoms with van der Waals surface area (Å²) in [6, 6.07) is 9.05. The number of thiazole rings is 1. The Kier molecular flexibility index (Phi) is 5.61. The molecule has 2 atom stereocenters. The third-order valence-electron chi connectivity index (χ3n) is 4.23. The van der Waals surface area contributed by atoms with Crippen molar-refractivity contribution in [3.8, 4) is 10.6 Å². The van der Waals surface area contributed by atoms with Crippen LogP contribution in [0.25, 0.3) is 10.6 Å². The first-order valence-electron chi connectivity index (χ1n) is 8.50. The summed E-state index contributed by atoms with van der Waals surface area (Å²) in [5.41, 5.74) is 1.44. The fraction of sp³-hybridized carbons (Fsp3) is 0.389. The highest BCUT2D eigenvalue weighted by atomic mass is 32.2. The van der Waals surface area contributed by atoms with E-state index >= 15 is 0 Å². The van der Waals surface area contributed by atoms with Crippen LogP contribution in [0, 0.1) is 6.92 Å². The summed E-state index contributed by atoms with van der Waals surface area (Å²) >= 11 is 1.21. The van der Waals surface area contributed by atoms with Gasteiger partial charge in [-0.15, -0.1) is 11.3 Å². The Hall–Kier alpha value is -2.26. The summed E-state index contributed by atoms with van der Waals surface area (Å²) in [7, 11) is -3.09. The Balaban J connectivity index is 1.63. The van der Waals surface area contributed by atoms with Crippen molar-refractivity contribution in [3.63, 3.8) is 0 Å². The largest absolute Gasteiger partial charge is 0.448 e. The lowest BCUT2D eigenvalue weighted by atomic mass is 10.2. The number of carbonyl (C=O) groups excluding carboxylic acids is 2. The van der Waals surface area contributed by atoms with E-state index in [4.69, 9.17) is 4.74 Å². The molecule has 0 radical (unpaired) electrons. The Labute approximate surface area is 161 Å². The van der Waals surface area contributed by atoms with Gasteiger partial charge in [-0.3, -0.25) is 4.79 Å². The average Bonchev–Trinajstić information content (AvgIpc) is 3.17. The quantitative estimate of drug-likeness (QED) is 0.759. The van der Waals surface area contributed by atoms with Gasteiger partial charge in [-0.05, 0) is 20.3 Å². The third kappa shape index (κ3) is 4.72. The van der Waals surface area contributed by atoms with Crippen LogP contribution < -0.4 is 5.32 Å². The van der Waals surface area contributed by atoms with Crippen molar-refractivity contribution in [3.05, 3.63) is 40.9 Å². The molecule has 7 nitrogen and oxygen atoms in total. The zero-order chi connectivity index (χ0) is 19.6. The number of sulfone groups is 1. The van der Waals surface area contributed by atoms with Gasteiger partial charge >= 0.3 is 5.97 Å². The van der Waals surface area contributed by atoms with E-state index in [9.17, 15) is 18.0 Å². The van der Waals surface area contributed by atoms with Crippen LogP contribution in [0.2, 0.25) is 0 Å². The predicted octanol–water partition coefficient (Wildman–Crippen LogP) is 1.97. The summed E-state index contributed by atoms with van der Waals surface area (Å²) in [6.45, 7) is 3.18. The minimum Gasteiger partial charge on any atom is -0.448 e. The number of esters is 1. The van der Waals surface area contributed by atoms with Crippen LogP contribution in [0.3, 0.4) is 0 Å². The van der Waals surface area contributed by atoms with Crippen LogP contribution in [0.15, 0.2) is 30.3 Å². The number of hydrogen-bond donors (Lipinski definition) is 1. The average molecular weight is 409 g/mol. The molecule has 0 unspecified atom stereocenters. The summed E-state index contributed by atoms with van der Waals surface area (Å²) in [5.74, 6) is -1.13. The molecule has 1 saturated heterocycles. The van der Waals surface area contributed by atoms with Gasteiger partial charge in [-0.2, -0.15) is 0 Å². The number of nitrogens with one attached hydrogen (secondary N) is 1. The van der Waals surface area contributed by atoms with Crippen LogP contribution in [0.4, 0.5) is 0 Å². The lowest BCUT2D eigenvalue weighted by Crippen LogP contribution is -2.42.